The summed E-state index contributed by atoms with van der Waals surface area (Å²) in [5, 5.41) is 3.53. The lowest BCUT2D eigenvalue weighted by Crippen LogP contribution is -2.19. The average molecular weight is 254 g/mol. The Morgan fingerprint density at radius 1 is 1.11 bits per heavy atom. The number of aryl methyl sites for hydroxylation is 1. The highest BCUT2D eigenvalue weighted by atomic mass is 14.9. The standard InChI is InChI=1S/C17H22N2/c1-4-17(18-5-2)16-8-6-7-14(12-16)15-9-10-19-13(3)11-15/h6-12,17-18H,4-5H2,1-3H3. The molecule has 0 bridgehead atoms. The molecular weight excluding hydrogens is 232 g/mol. The summed E-state index contributed by atoms with van der Waals surface area (Å²) in [5.41, 5.74) is 4.91. The van der Waals surface area contributed by atoms with Crippen LogP contribution in [-0.4, -0.2) is 11.5 Å². The van der Waals surface area contributed by atoms with Crippen molar-refractivity contribution in [2.24, 2.45) is 0 Å². The third-order valence-corrected chi connectivity index (χ3v) is 3.38. The lowest BCUT2D eigenvalue weighted by atomic mass is 9.98. The fourth-order valence-corrected chi connectivity index (χ4v) is 2.40. The van der Waals surface area contributed by atoms with Crippen molar-refractivity contribution in [1.82, 2.24) is 10.3 Å². The lowest BCUT2D eigenvalue weighted by Gasteiger charge is -2.17. The average Bonchev–Trinajstić information content (AvgIpc) is 2.45. The van der Waals surface area contributed by atoms with Gasteiger partial charge in [-0.15, -0.1) is 0 Å². The molecule has 0 radical (unpaired) electrons. The van der Waals surface area contributed by atoms with Crippen molar-refractivity contribution in [3.8, 4) is 11.1 Å². The molecule has 0 spiro atoms. The molecule has 1 heterocycles. The number of pyridine rings is 1. The summed E-state index contributed by atoms with van der Waals surface area (Å²) in [6, 6.07) is 13.4. The van der Waals surface area contributed by atoms with Crippen molar-refractivity contribution in [2.45, 2.75) is 33.2 Å². The molecule has 2 rings (SSSR count). The van der Waals surface area contributed by atoms with E-state index in [4.69, 9.17) is 0 Å². The van der Waals surface area contributed by atoms with E-state index < -0.39 is 0 Å². The van der Waals surface area contributed by atoms with Crippen molar-refractivity contribution >= 4 is 0 Å². The van der Waals surface area contributed by atoms with Gasteiger partial charge in [0.1, 0.15) is 0 Å². The van der Waals surface area contributed by atoms with E-state index in [1.54, 1.807) is 0 Å². The highest BCUT2D eigenvalue weighted by Crippen LogP contribution is 2.24. The number of hydrogen-bond donors (Lipinski definition) is 1. The topological polar surface area (TPSA) is 24.9 Å². The van der Waals surface area contributed by atoms with E-state index in [0.29, 0.717) is 6.04 Å². The number of nitrogens with one attached hydrogen (secondary N) is 1. The zero-order valence-corrected chi connectivity index (χ0v) is 12.0. The number of hydrogen-bond acceptors (Lipinski definition) is 2. The quantitative estimate of drug-likeness (QED) is 0.868. The van der Waals surface area contributed by atoms with Crippen LogP contribution in [0.15, 0.2) is 42.6 Å². The van der Waals surface area contributed by atoms with Crippen LogP contribution in [0.4, 0.5) is 0 Å². The molecule has 1 unspecified atom stereocenters. The maximum Gasteiger partial charge on any atom is 0.0378 e. The summed E-state index contributed by atoms with van der Waals surface area (Å²) in [6.45, 7) is 7.40. The van der Waals surface area contributed by atoms with Crippen molar-refractivity contribution in [3.63, 3.8) is 0 Å². The van der Waals surface area contributed by atoms with Gasteiger partial charge >= 0.3 is 0 Å². The lowest BCUT2D eigenvalue weighted by molar-refractivity contribution is 0.537. The summed E-state index contributed by atoms with van der Waals surface area (Å²) < 4.78 is 0. The van der Waals surface area contributed by atoms with Crippen molar-refractivity contribution in [1.29, 1.82) is 0 Å². The van der Waals surface area contributed by atoms with Crippen molar-refractivity contribution in [2.75, 3.05) is 6.54 Å². The predicted molar refractivity (Wildman–Crippen MR) is 81.1 cm³/mol. The number of aromatic nitrogens is 1. The summed E-state index contributed by atoms with van der Waals surface area (Å²) in [4.78, 5) is 4.26. The minimum Gasteiger partial charge on any atom is -0.310 e. The second-order valence-corrected chi connectivity index (χ2v) is 4.83. The summed E-state index contributed by atoms with van der Waals surface area (Å²) in [7, 11) is 0. The van der Waals surface area contributed by atoms with Crippen LogP contribution >= 0.6 is 0 Å². The summed E-state index contributed by atoms with van der Waals surface area (Å²) in [5.74, 6) is 0. The molecule has 2 aromatic rings. The fraction of sp³-hybridized carbons (Fsp3) is 0.353. The first-order valence-electron chi connectivity index (χ1n) is 7.01. The Morgan fingerprint density at radius 2 is 1.89 bits per heavy atom. The summed E-state index contributed by atoms with van der Waals surface area (Å²) >= 11 is 0. The van der Waals surface area contributed by atoms with Gasteiger partial charge < -0.3 is 5.32 Å². The van der Waals surface area contributed by atoms with Crippen LogP contribution < -0.4 is 5.32 Å². The van der Waals surface area contributed by atoms with Gasteiger partial charge in [-0.05, 0) is 54.8 Å². The van der Waals surface area contributed by atoms with Gasteiger partial charge in [0, 0.05) is 17.9 Å². The molecule has 100 valence electrons. The van der Waals surface area contributed by atoms with Crippen LogP contribution in [0.5, 0.6) is 0 Å². The molecule has 0 aliphatic carbocycles. The molecular formula is C17H22N2. The van der Waals surface area contributed by atoms with Crippen LogP contribution in [0.25, 0.3) is 11.1 Å². The predicted octanol–water partition coefficient (Wildman–Crippen LogP) is 4.12. The molecule has 0 amide bonds. The van der Waals surface area contributed by atoms with E-state index in [9.17, 15) is 0 Å². The maximum absolute atomic E-state index is 4.26. The minimum atomic E-state index is 0.438. The molecule has 0 saturated carbocycles. The third kappa shape index (κ3) is 3.42. The third-order valence-electron chi connectivity index (χ3n) is 3.38. The van der Waals surface area contributed by atoms with E-state index in [1.807, 2.05) is 13.1 Å². The van der Waals surface area contributed by atoms with Crippen LogP contribution in [0.3, 0.4) is 0 Å². The zero-order valence-electron chi connectivity index (χ0n) is 12.0. The first-order valence-corrected chi connectivity index (χ1v) is 7.01. The van der Waals surface area contributed by atoms with E-state index in [-0.39, 0.29) is 0 Å². The van der Waals surface area contributed by atoms with Gasteiger partial charge in [-0.1, -0.05) is 32.0 Å². The molecule has 1 atom stereocenters. The van der Waals surface area contributed by atoms with Gasteiger partial charge in [0.15, 0.2) is 0 Å². The molecule has 19 heavy (non-hydrogen) atoms. The second-order valence-electron chi connectivity index (χ2n) is 4.83. The Bertz CT molecular complexity index is 534. The molecule has 1 N–H and O–H groups in total. The van der Waals surface area contributed by atoms with Crippen LogP contribution in [0, 0.1) is 6.92 Å². The van der Waals surface area contributed by atoms with Gasteiger partial charge in [-0.3, -0.25) is 4.98 Å². The number of rotatable bonds is 5. The first kappa shape index (κ1) is 13.8. The summed E-state index contributed by atoms with van der Waals surface area (Å²) in [6.07, 6.45) is 2.98. The molecule has 2 heteroatoms. The maximum atomic E-state index is 4.26. The van der Waals surface area contributed by atoms with Crippen LogP contribution in [-0.2, 0) is 0 Å². The van der Waals surface area contributed by atoms with E-state index >= 15 is 0 Å². The molecule has 1 aromatic carbocycles. The normalized spacial score (nSPS) is 12.4. The van der Waals surface area contributed by atoms with Gasteiger partial charge in [0.25, 0.3) is 0 Å². The highest BCUT2D eigenvalue weighted by molar-refractivity contribution is 5.64. The molecule has 0 fully saturated rings. The van der Waals surface area contributed by atoms with E-state index in [1.165, 1.54) is 16.7 Å². The number of nitrogens with zero attached hydrogens (tertiary/aromatic N) is 1. The Kier molecular flexibility index (Phi) is 4.69. The largest absolute Gasteiger partial charge is 0.310 e. The minimum absolute atomic E-state index is 0.438. The second kappa shape index (κ2) is 6.48. The Morgan fingerprint density at radius 3 is 2.58 bits per heavy atom. The SMILES string of the molecule is CCNC(CC)c1cccc(-c2ccnc(C)c2)c1. The van der Waals surface area contributed by atoms with Gasteiger partial charge in [0.2, 0.25) is 0 Å². The van der Waals surface area contributed by atoms with Gasteiger partial charge in [-0.25, -0.2) is 0 Å². The Balaban J connectivity index is 2.33. The zero-order chi connectivity index (χ0) is 13.7. The van der Waals surface area contributed by atoms with Gasteiger partial charge in [-0.2, -0.15) is 0 Å². The van der Waals surface area contributed by atoms with Crippen molar-refractivity contribution < 1.29 is 0 Å². The van der Waals surface area contributed by atoms with E-state index in [2.05, 4.69) is 60.5 Å². The molecule has 0 saturated heterocycles. The molecule has 0 aliphatic heterocycles. The van der Waals surface area contributed by atoms with Crippen LogP contribution in [0.1, 0.15) is 37.6 Å². The van der Waals surface area contributed by atoms with Crippen molar-refractivity contribution in [3.05, 3.63) is 53.9 Å². The number of benzene rings is 1. The first-order chi connectivity index (χ1) is 9.24. The monoisotopic (exact) mass is 254 g/mol. The Labute approximate surface area is 115 Å². The molecule has 2 nitrogen and oxygen atoms in total. The molecule has 0 aliphatic rings. The van der Waals surface area contributed by atoms with E-state index in [0.717, 1.165) is 18.7 Å². The highest BCUT2D eigenvalue weighted by Gasteiger charge is 2.08. The molecule has 1 aromatic heterocycles. The smallest absolute Gasteiger partial charge is 0.0378 e. The van der Waals surface area contributed by atoms with Gasteiger partial charge in [0.05, 0.1) is 0 Å². The fourth-order valence-electron chi connectivity index (χ4n) is 2.40. The Hall–Kier alpha value is -1.67. The van der Waals surface area contributed by atoms with Crippen LogP contribution in [0.2, 0.25) is 0 Å².